The summed E-state index contributed by atoms with van der Waals surface area (Å²) in [5.74, 6) is 2.62. The fourth-order valence-corrected chi connectivity index (χ4v) is 16.7. The zero-order valence-electron chi connectivity index (χ0n) is 64.6. The Labute approximate surface area is 639 Å². The molecule has 9 heterocycles. The number of hydrogen-bond donors (Lipinski definition) is 0. The lowest BCUT2D eigenvalue weighted by molar-refractivity contribution is 0.0556. The van der Waals surface area contributed by atoms with Gasteiger partial charge in [-0.1, -0.05) is 79.6 Å². The van der Waals surface area contributed by atoms with E-state index in [-0.39, 0.29) is 52.6 Å². The smallest absolute Gasteiger partial charge is 0.242 e. The van der Waals surface area contributed by atoms with Gasteiger partial charge in [0.1, 0.15) is 69.1 Å². The Hall–Kier alpha value is -11.3. The number of nitrogens with zero attached hydrogens (tertiary/aromatic N) is 19. The van der Waals surface area contributed by atoms with Gasteiger partial charge < -0.3 is 33.2 Å². The number of sulfone groups is 3. The van der Waals surface area contributed by atoms with Crippen LogP contribution in [0.3, 0.4) is 0 Å². The summed E-state index contributed by atoms with van der Waals surface area (Å²) in [6.45, 7) is 16.8. The molecule has 9 aromatic heterocycles. The third-order valence-corrected chi connectivity index (χ3v) is 25.2. The number of hydrogen-bond acceptors (Lipinski definition) is 26. The van der Waals surface area contributed by atoms with Crippen molar-refractivity contribution in [3.8, 4) is 86.4 Å². The van der Waals surface area contributed by atoms with Crippen LogP contribution in [0, 0.1) is 20.8 Å². The fourth-order valence-electron chi connectivity index (χ4n) is 12.1. The molecule has 110 heavy (non-hydrogen) atoms. The molecule has 0 saturated carbocycles. The zero-order chi connectivity index (χ0) is 79.5. The van der Waals surface area contributed by atoms with E-state index in [1.165, 1.54) is 42.7 Å². The monoisotopic (exact) mass is 1560 g/mol. The highest BCUT2D eigenvalue weighted by Gasteiger charge is 2.38. The van der Waals surface area contributed by atoms with Gasteiger partial charge >= 0.3 is 0 Å². The number of para-hydroxylation sites is 1. The second-order valence-corrected chi connectivity index (χ2v) is 33.2. The molecule has 32 nitrogen and oxygen atoms in total. The Morgan fingerprint density at radius 2 is 0.727 bits per heavy atom. The van der Waals surface area contributed by atoms with Gasteiger partial charge in [0.15, 0.2) is 81.7 Å². The van der Waals surface area contributed by atoms with E-state index in [0.29, 0.717) is 87.0 Å². The minimum atomic E-state index is -3.86. The summed E-state index contributed by atoms with van der Waals surface area (Å²) in [6, 6.07) is 29.8. The summed E-state index contributed by atoms with van der Waals surface area (Å²) in [7, 11) is 3.23. The highest BCUT2D eigenvalue weighted by molar-refractivity contribution is 7.91. The topological polar surface area (TPSA) is 364 Å². The van der Waals surface area contributed by atoms with Gasteiger partial charge in [0.05, 0.1) is 58.4 Å². The van der Waals surface area contributed by atoms with Gasteiger partial charge in [-0.25, -0.2) is 45.2 Å². The van der Waals surface area contributed by atoms with Crippen LogP contribution in [0.2, 0.25) is 0 Å². The highest BCUT2D eigenvalue weighted by atomic mass is 32.2. The van der Waals surface area contributed by atoms with Crippen molar-refractivity contribution in [2.45, 2.75) is 113 Å². The van der Waals surface area contributed by atoms with E-state index < -0.39 is 57.1 Å². The minimum absolute atomic E-state index is 0.167. The molecule has 0 aliphatic rings. The van der Waals surface area contributed by atoms with Crippen molar-refractivity contribution in [3.63, 3.8) is 0 Å². The Morgan fingerprint density at radius 1 is 0.391 bits per heavy atom. The molecule has 12 rings (SSSR count). The molecule has 0 saturated heterocycles. The molecule has 0 amide bonds. The third-order valence-electron chi connectivity index (χ3n) is 18.8. The van der Waals surface area contributed by atoms with Crippen molar-refractivity contribution < 1.29 is 58.4 Å². The molecule has 0 aliphatic heterocycles. The van der Waals surface area contributed by atoms with E-state index >= 15 is 0 Å². The first kappa shape index (κ1) is 81.2. The molecule has 0 spiro atoms. The molecule has 582 valence electrons. The fraction of sp³-hybridized carbons (Fsp3) is 0.373. The molecule has 0 radical (unpaired) electrons. The normalized spacial score (nSPS) is 13.4. The second kappa shape index (κ2) is 34.9. The van der Waals surface area contributed by atoms with Crippen LogP contribution in [0.4, 0.5) is 0 Å². The Bertz CT molecular complexity index is 5200. The molecular weight excluding hydrogens is 1470 g/mol. The minimum Gasteiger partial charge on any atom is -0.494 e. The number of aromatic nitrogens is 19. The summed E-state index contributed by atoms with van der Waals surface area (Å²) in [6.07, 6.45) is 10.8. The van der Waals surface area contributed by atoms with E-state index in [4.69, 9.17) is 33.2 Å². The van der Waals surface area contributed by atoms with E-state index in [1.54, 1.807) is 168 Å². The zero-order valence-corrected chi connectivity index (χ0v) is 67.1. The molecule has 0 bridgehead atoms. The van der Waals surface area contributed by atoms with Gasteiger partial charge in [0.2, 0.25) is 11.8 Å². The highest BCUT2D eigenvalue weighted by Crippen LogP contribution is 2.41. The maximum absolute atomic E-state index is 13.8. The molecule has 35 heteroatoms. The standard InChI is InChI=1S/C25H31N7O5S.2C25H30N6O4S/c1-7-37-23(24-26-13-16(2)14-27-24)17(3)38(33,34)15-21-28-29-25(18-11-12-31(4)30-18)32(21)22-19(35-5)9-8-10-20(22)36-6;2*1-16-7-9-19(10-8-16)17(2)18(3)36(32,33)15-22-27-28-24(20-12-14-30(4)29-20)31(22)23-21(34-5)11-13-26-25(23)35-6/h8-14,17,23H,7,15H2,1-6H3;2*7-14,17-18H,15H2,1-6H3/t17-,23+;2*17-,18-/m000/s1. The molecule has 3 aromatic carbocycles. The van der Waals surface area contributed by atoms with Crippen molar-refractivity contribution >= 4 is 29.5 Å². The summed E-state index contributed by atoms with van der Waals surface area (Å²) in [4.78, 5) is 17.2. The van der Waals surface area contributed by atoms with Crippen LogP contribution in [-0.4, -0.2) is 184 Å². The first-order valence-corrected chi connectivity index (χ1v) is 40.0. The van der Waals surface area contributed by atoms with Crippen molar-refractivity contribution in [1.82, 2.24) is 93.6 Å². The lowest BCUT2D eigenvalue weighted by Crippen LogP contribution is -2.30. The largest absolute Gasteiger partial charge is 0.494 e. The molecule has 0 N–H and O–H groups in total. The Balaban J connectivity index is 0.000000176. The predicted octanol–water partition coefficient (Wildman–Crippen LogP) is 9.86. The summed E-state index contributed by atoms with van der Waals surface area (Å²) < 4.78 is 131. The lowest BCUT2D eigenvalue weighted by atomic mass is 9.97. The van der Waals surface area contributed by atoms with Crippen molar-refractivity contribution in [1.29, 1.82) is 0 Å². The van der Waals surface area contributed by atoms with Gasteiger partial charge in [0.25, 0.3) is 0 Å². The van der Waals surface area contributed by atoms with Gasteiger partial charge in [-0.15, -0.1) is 30.6 Å². The van der Waals surface area contributed by atoms with Gasteiger partial charge in [-0.3, -0.25) is 27.7 Å². The van der Waals surface area contributed by atoms with Crippen molar-refractivity contribution in [3.05, 3.63) is 192 Å². The second-order valence-electron chi connectivity index (χ2n) is 26.1. The first-order valence-electron chi connectivity index (χ1n) is 34.9. The molecule has 0 unspecified atom stereocenters. The number of benzene rings is 3. The van der Waals surface area contributed by atoms with Gasteiger partial charge in [-0.05, 0) is 107 Å². The number of ether oxygens (including phenoxy) is 7. The van der Waals surface area contributed by atoms with Crippen LogP contribution >= 0.6 is 0 Å². The Kier molecular flexibility index (Phi) is 25.8. The van der Waals surface area contributed by atoms with Crippen molar-refractivity contribution in [2.75, 3.05) is 49.3 Å². The molecule has 12 aromatic rings. The number of pyridine rings is 2. The van der Waals surface area contributed by atoms with E-state index in [0.717, 1.165) is 27.8 Å². The number of methoxy groups -OCH3 is 6. The van der Waals surface area contributed by atoms with Gasteiger partial charge in [-0.2, -0.15) is 15.3 Å². The molecule has 0 aliphatic carbocycles. The predicted molar refractivity (Wildman–Crippen MR) is 412 cm³/mol. The van der Waals surface area contributed by atoms with Crippen LogP contribution < -0.4 is 28.4 Å². The van der Waals surface area contributed by atoms with Crippen molar-refractivity contribution in [2.24, 2.45) is 21.1 Å². The van der Waals surface area contributed by atoms with Crippen LogP contribution in [-0.2, 0) is 72.7 Å². The van der Waals surface area contributed by atoms with Gasteiger partial charge in [0, 0.05) is 83.3 Å². The van der Waals surface area contributed by atoms with Crippen LogP contribution in [0.15, 0.2) is 140 Å². The van der Waals surface area contributed by atoms with Crippen LogP contribution in [0.25, 0.3) is 51.6 Å². The van der Waals surface area contributed by atoms with E-state index in [1.807, 2.05) is 83.1 Å². The Morgan fingerprint density at radius 3 is 1.05 bits per heavy atom. The average molecular weight is 1560 g/mol. The maximum Gasteiger partial charge on any atom is 0.242 e. The summed E-state index contributed by atoms with van der Waals surface area (Å²) in [5, 5.41) is 36.8. The quantitative estimate of drug-likeness (QED) is 0.0420. The lowest BCUT2D eigenvalue weighted by Gasteiger charge is -2.23. The number of aryl methyl sites for hydroxylation is 6. The third kappa shape index (κ3) is 17.9. The average Bonchev–Trinajstić information content (AvgIpc) is 1.69. The summed E-state index contributed by atoms with van der Waals surface area (Å²) >= 11 is 0. The van der Waals surface area contributed by atoms with E-state index in [9.17, 15) is 25.3 Å². The number of rotatable bonds is 29. The van der Waals surface area contributed by atoms with E-state index in [2.05, 4.69) is 65.8 Å². The van der Waals surface area contributed by atoms with Crippen LogP contribution in [0.5, 0.6) is 34.8 Å². The molecular formula is C75H91N19O13S3. The SMILES string of the molecule is CCO[C@@H](c1ncc(C)cn1)[C@H](C)S(=O)(=O)Cc1nnc(-c2ccn(C)n2)n1-c1c(OC)cccc1OC.COc1ccnc(OC)c1-n1c(CS(=O)(=O)[C@@H](C)[C@H](C)c2ccc(C)cc2)nnc1-c1ccn(C)n1.COc1ccnc(OC)c1-n1c(CS(=O)(=O)[C@@H](C)[C@H](C)c2ccc(C)cc2)nnc1-c1ccn(C)n1. The van der Waals surface area contributed by atoms with Crippen LogP contribution in [0.1, 0.15) is 111 Å². The molecule has 6 atom stereocenters. The first-order chi connectivity index (χ1) is 52.5. The molecule has 0 fully saturated rings. The maximum atomic E-state index is 13.8. The summed E-state index contributed by atoms with van der Waals surface area (Å²) in [5.41, 5.74) is 7.83.